The molecule has 2 amide bonds. The number of nitrogens with one attached hydrogen (secondary N) is 2. The number of hydrogen-bond acceptors (Lipinski definition) is 19. The van der Waals surface area contributed by atoms with E-state index in [0.29, 0.717) is 12.2 Å². The molecule has 3 aromatic rings. The third-order valence-electron chi connectivity index (χ3n) is 11.7. The summed E-state index contributed by atoms with van der Waals surface area (Å²) in [5.41, 5.74) is 6.89. The molecule has 1 fully saturated rings. The van der Waals surface area contributed by atoms with Gasteiger partial charge >= 0.3 is 23.5 Å². The molecule has 0 aliphatic carbocycles. The average Bonchev–Trinajstić information content (AvgIpc) is 3.94. The minimum absolute atomic E-state index is 0.0318. The van der Waals surface area contributed by atoms with Crippen molar-refractivity contribution in [2.75, 3.05) is 37.8 Å². The van der Waals surface area contributed by atoms with E-state index in [4.69, 9.17) is 23.9 Å². The number of nitrogens with two attached hydrogens (primary N) is 1. The van der Waals surface area contributed by atoms with Crippen LogP contribution in [0.3, 0.4) is 0 Å². The normalized spacial score (nSPS) is 19.6. The Balaban J connectivity index is 1.05. The number of aliphatic hydroxyl groups is 2. The Morgan fingerprint density at radius 2 is 1.49 bits per heavy atom. The van der Waals surface area contributed by atoms with Crippen molar-refractivity contribution in [2.45, 2.75) is 155 Å². The van der Waals surface area contributed by atoms with Gasteiger partial charge in [-0.3, -0.25) is 32.5 Å². The van der Waals surface area contributed by atoms with Crippen LogP contribution in [0, 0.1) is 19.3 Å². The van der Waals surface area contributed by atoms with Crippen molar-refractivity contribution in [3.8, 4) is 0 Å². The first-order valence-corrected chi connectivity index (χ1v) is 29.0. The van der Waals surface area contributed by atoms with Crippen LogP contribution in [0.5, 0.6) is 0 Å². The lowest BCUT2D eigenvalue weighted by atomic mass is 9.87. The number of aromatic nitrogens is 4. The topological polar surface area (TPSA) is 377 Å². The number of anilines is 1. The van der Waals surface area contributed by atoms with Gasteiger partial charge in [0.05, 0.1) is 19.5 Å². The summed E-state index contributed by atoms with van der Waals surface area (Å²) in [7, 11) is -16.4. The van der Waals surface area contributed by atoms with Crippen molar-refractivity contribution in [2.24, 2.45) is 5.41 Å². The fraction of sp³-hybridized carbons (Fsp3) is 0.714. The van der Waals surface area contributed by atoms with E-state index in [1.54, 1.807) is 0 Å². The monoisotopic (exact) mass is 1090 g/mol. The van der Waals surface area contributed by atoms with Crippen molar-refractivity contribution >= 4 is 69.1 Å². The number of nitrogens with zero attached hydrogens (tertiary/aromatic N) is 4. The number of aryl methyl sites for hydroxylation is 2. The van der Waals surface area contributed by atoms with E-state index < -0.39 is 84.6 Å². The molecule has 0 aromatic carbocycles. The van der Waals surface area contributed by atoms with Gasteiger partial charge in [0, 0.05) is 49.9 Å². The van der Waals surface area contributed by atoms with Crippen LogP contribution in [0.15, 0.2) is 17.1 Å². The Morgan fingerprint density at radius 3 is 2.14 bits per heavy atom. The number of nitrogen functional groups attached to an aromatic ring is 1. The predicted molar refractivity (Wildman–Crippen MR) is 259 cm³/mol. The molecule has 4 rings (SSSR count). The van der Waals surface area contributed by atoms with Crippen molar-refractivity contribution < 1.29 is 84.9 Å². The van der Waals surface area contributed by atoms with Crippen LogP contribution in [0.1, 0.15) is 127 Å². The van der Waals surface area contributed by atoms with Gasteiger partial charge in [-0.05, 0) is 44.2 Å². The number of carbonyl (C=O) groups is 3. The summed E-state index contributed by atoms with van der Waals surface area (Å²) < 4.78 is 68.6. The van der Waals surface area contributed by atoms with Gasteiger partial charge in [0.2, 0.25) is 11.8 Å². The van der Waals surface area contributed by atoms with E-state index in [-0.39, 0.29) is 41.6 Å². The summed E-state index contributed by atoms with van der Waals surface area (Å²) in [5.74, 6) is 1.23. The maximum atomic E-state index is 12.8. The molecule has 3 aromatic heterocycles. The number of carbonyl (C=O) groups excluding carboxylic acids is 3. The smallest absolute Gasteiger partial charge is 0.466 e. The molecule has 0 radical (unpaired) electrons. The number of thioether (sulfide) groups is 1. The van der Waals surface area contributed by atoms with Crippen molar-refractivity contribution in [3.05, 3.63) is 35.3 Å². The van der Waals surface area contributed by atoms with Crippen LogP contribution in [-0.2, 0) is 63.5 Å². The van der Waals surface area contributed by atoms with E-state index >= 15 is 0 Å². The van der Waals surface area contributed by atoms with E-state index in [0.717, 1.165) is 91.9 Å². The van der Waals surface area contributed by atoms with Gasteiger partial charge in [0.1, 0.15) is 47.8 Å². The zero-order valence-electron chi connectivity index (χ0n) is 40.7. The maximum absolute atomic E-state index is 12.8. The Morgan fingerprint density at radius 1 is 0.873 bits per heavy atom. The fourth-order valence-corrected chi connectivity index (χ4v) is 11.1. The first kappa shape index (κ1) is 60.4. The number of amides is 2. The van der Waals surface area contributed by atoms with Crippen LogP contribution in [0.25, 0.3) is 11.2 Å². The molecule has 0 saturated carbocycles. The lowest BCUT2D eigenvalue weighted by Gasteiger charge is -2.30. The molecule has 0 bridgehead atoms. The quantitative estimate of drug-likeness (QED) is 0.0287. The second kappa shape index (κ2) is 27.9. The maximum Gasteiger partial charge on any atom is 0.481 e. The summed E-state index contributed by atoms with van der Waals surface area (Å²) in [4.78, 5) is 88.6. The number of imidazole rings is 1. The molecular formula is C42H70N7O18P3S. The summed E-state index contributed by atoms with van der Waals surface area (Å²) in [5, 5.41) is 26.7. The van der Waals surface area contributed by atoms with Gasteiger partial charge in [0.15, 0.2) is 22.8 Å². The molecule has 1 aliphatic heterocycles. The predicted octanol–water partition coefficient (Wildman–Crippen LogP) is 4.97. The first-order valence-electron chi connectivity index (χ1n) is 23.5. The lowest BCUT2D eigenvalue weighted by Crippen LogP contribution is -2.46. The standard InChI is InChI=1S/C42H70N7O18P3S/c1-6-16-29-27(2)28(3)30(64-29)17-14-12-10-8-7-9-11-13-15-18-33(51)71-22-21-44-32(50)19-20-45-40(54)37(53)42(4,5)24-63-70(60,61)67-69(58,59)62-23-31-36(66-68(55,56)57)35(52)41(65-31)49-26-48-34-38(43)46-25-47-39(34)49/h25-26,31,35-37,41,52-53H,6-24H2,1-5H3,(H,44,50)(H,45,54)(H,58,59)(H,60,61)(H2,43,46,47)(H2,55,56,57). The zero-order chi connectivity index (χ0) is 52.6. The largest absolute Gasteiger partial charge is 0.481 e. The Kier molecular flexibility index (Phi) is 23.8. The Bertz CT molecular complexity index is 2370. The van der Waals surface area contributed by atoms with E-state index in [1.165, 1.54) is 50.7 Å². The molecule has 402 valence electrons. The third kappa shape index (κ3) is 19.6. The van der Waals surface area contributed by atoms with Crippen LogP contribution in [0.4, 0.5) is 5.82 Å². The molecule has 4 heterocycles. The number of fused-ring (bicyclic) bond motifs is 1. The highest BCUT2D eigenvalue weighted by Gasteiger charge is 2.50. The van der Waals surface area contributed by atoms with Gasteiger partial charge in [0.25, 0.3) is 0 Å². The molecule has 71 heavy (non-hydrogen) atoms. The number of aliphatic hydroxyl groups excluding tert-OH is 2. The fourth-order valence-electron chi connectivity index (χ4n) is 7.58. The van der Waals surface area contributed by atoms with Crippen molar-refractivity contribution in [1.82, 2.24) is 30.2 Å². The molecule has 1 aliphatic rings. The summed E-state index contributed by atoms with van der Waals surface area (Å²) >= 11 is 1.15. The van der Waals surface area contributed by atoms with Crippen LogP contribution in [0.2, 0.25) is 0 Å². The highest BCUT2D eigenvalue weighted by Crippen LogP contribution is 2.61. The SMILES string of the molecule is CCCc1oc(CCCCCCCCCCCC(=O)SCCNC(=O)CCNC(=O)C(O)C(C)(C)COP(=O)(O)OP(=O)(O)OCC2OC(n3cnc4c(N)ncnc43)C(O)C2OP(=O)(O)O)c(C)c1C. The lowest BCUT2D eigenvalue weighted by molar-refractivity contribution is -0.137. The average molecular weight is 1090 g/mol. The summed E-state index contributed by atoms with van der Waals surface area (Å²) in [6, 6.07) is 0. The number of rotatable bonds is 33. The van der Waals surface area contributed by atoms with E-state index in [2.05, 4.69) is 55.2 Å². The van der Waals surface area contributed by atoms with Gasteiger partial charge in [-0.1, -0.05) is 77.5 Å². The summed E-state index contributed by atoms with van der Waals surface area (Å²) in [6.45, 7) is 7.02. The first-order chi connectivity index (χ1) is 33.3. The number of unbranched alkanes of at least 4 members (excludes halogenated alkanes) is 8. The second-order valence-electron chi connectivity index (χ2n) is 17.9. The molecule has 7 unspecified atom stereocenters. The van der Waals surface area contributed by atoms with Gasteiger partial charge in [-0.25, -0.2) is 28.6 Å². The molecule has 10 N–H and O–H groups in total. The van der Waals surface area contributed by atoms with Crippen LogP contribution < -0.4 is 16.4 Å². The molecule has 25 nitrogen and oxygen atoms in total. The van der Waals surface area contributed by atoms with Gasteiger partial charge in [-0.15, -0.1) is 0 Å². The third-order valence-corrected chi connectivity index (χ3v) is 15.7. The Labute approximate surface area is 416 Å². The van der Waals surface area contributed by atoms with E-state index in [1.807, 2.05) is 0 Å². The zero-order valence-corrected chi connectivity index (χ0v) is 44.2. The number of hydrogen-bond donors (Lipinski definition) is 9. The molecule has 0 spiro atoms. The molecule has 7 atom stereocenters. The van der Waals surface area contributed by atoms with Crippen molar-refractivity contribution in [3.63, 3.8) is 0 Å². The van der Waals surface area contributed by atoms with Gasteiger partial charge < -0.3 is 55.3 Å². The van der Waals surface area contributed by atoms with Crippen LogP contribution in [-0.4, -0.2) is 123 Å². The number of phosphoric ester groups is 3. The van der Waals surface area contributed by atoms with Crippen molar-refractivity contribution in [1.29, 1.82) is 0 Å². The molecule has 29 heteroatoms. The number of ether oxygens (including phenoxy) is 1. The molecular weight excluding hydrogens is 1020 g/mol. The Hall–Kier alpha value is -3.16. The minimum atomic E-state index is -5.58. The second-order valence-corrected chi connectivity index (χ2v) is 23.3. The highest BCUT2D eigenvalue weighted by atomic mass is 32.2. The van der Waals surface area contributed by atoms with Crippen LogP contribution >= 0.6 is 35.2 Å². The van der Waals surface area contributed by atoms with E-state index in [9.17, 15) is 57.9 Å². The minimum Gasteiger partial charge on any atom is -0.466 e. The van der Waals surface area contributed by atoms with Gasteiger partial charge in [-0.2, -0.15) is 4.31 Å². The molecule has 1 saturated heterocycles. The number of phosphoric acid groups is 3. The summed E-state index contributed by atoms with van der Waals surface area (Å²) in [6.07, 6.45) is 6.61. The highest BCUT2D eigenvalue weighted by molar-refractivity contribution is 8.13. The number of furan rings is 1.